The Bertz CT molecular complexity index is 573. The van der Waals surface area contributed by atoms with Crippen molar-refractivity contribution in [2.24, 2.45) is 7.05 Å². The first kappa shape index (κ1) is 11.9. The summed E-state index contributed by atoms with van der Waals surface area (Å²) in [5.41, 5.74) is 0.877. The molecule has 1 aromatic carbocycles. The molecule has 0 atom stereocenters. The van der Waals surface area contributed by atoms with Crippen molar-refractivity contribution in [1.29, 1.82) is 0 Å². The number of rotatable bonds is 2. The number of hydrogen-bond acceptors (Lipinski definition) is 1. The predicted molar refractivity (Wildman–Crippen MR) is 72.3 cm³/mol. The Hall–Kier alpha value is -1.16. The van der Waals surface area contributed by atoms with Crippen molar-refractivity contribution < 1.29 is 4.39 Å². The third-order valence-electron chi connectivity index (χ3n) is 3.77. The number of aryl methyl sites for hydroxylation is 1. The lowest BCUT2D eigenvalue weighted by Crippen LogP contribution is -2.45. The van der Waals surface area contributed by atoms with Crippen LogP contribution < -0.4 is 0 Å². The van der Waals surface area contributed by atoms with Gasteiger partial charge in [0.2, 0.25) is 0 Å². The van der Waals surface area contributed by atoms with Gasteiger partial charge in [-0.1, -0.05) is 28.1 Å². The second-order valence-electron chi connectivity index (χ2n) is 4.96. The van der Waals surface area contributed by atoms with Gasteiger partial charge in [0.25, 0.3) is 0 Å². The Morgan fingerprint density at radius 1 is 1.44 bits per heavy atom. The summed E-state index contributed by atoms with van der Waals surface area (Å²) < 4.78 is 16.5. The zero-order valence-electron chi connectivity index (χ0n) is 10.1. The van der Waals surface area contributed by atoms with E-state index in [1.54, 1.807) is 6.20 Å². The maximum absolute atomic E-state index is 13.5. The average molecular weight is 309 g/mol. The van der Waals surface area contributed by atoms with Crippen molar-refractivity contribution in [3.05, 3.63) is 52.5 Å². The lowest BCUT2D eigenvalue weighted by molar-refractivity contribution is 0.115. The summed E-state index contributed by atoms with van der Waals surface area (Å²) in [6.45, 7) is 0. The monoisotopic (exact) mass is 308 g/mol. The Morgan fingerprint density at radius 3 is 2.78 bits per heavy atom. The minimum Gasteiger partial charge on any atom is -0.337 e. The minimum atomic E-state index is -0.722. The summed E-state index contributed by atoms with van der Waals surface area (Å²) in [6.07, 6.45) is 4.02. The molecular weight excluding hydrogens is 295 g/mol. The molecule has 0 radical (unpaired) electrons. The van der Waals surface area contributed by atoms with Gasteiger partial charge >= 0.3 is 0 Å². The molecular formula is C14H14BrFN2. The second-order valence-corrected chi connectivity index (χ2v) is 5.88. The number of hydrogen-bond donors (Lipinski definition) is 0. The molecule has 1 aromatic heterocycles. The molecule has 4 heteroatoms. The Balaban J connectivity index is 2.11. The molecule has 1 fully saturated rings. The summed E-state index contributed by atoms with van der Waals surface area (Å²) in [4.78, 5) is 4.43. The number of imidazole rings is 1. The standard InChI is InChI=1S/C14H14BrFN2/c1-18-6-5-17-13(18)14(8-12(16)9-14)10-3-2-4-11(15)7-10/h2-7,12H,8-9H2,1H3. The van der Waals surface area contributed by atoms with Crippen LogP contribution >= 0.6 is 15.9 Å². The van der Waals surface area contributed by atoms with Crippen LogP contribution in [0.3, 0.4) is 0 Å². The highest BCUT2D eigenvalue weighted by molar-refractivity contribution is 9.10. The Morgan fingerprint density at radius 2 is 2.22 bits per heavy atom. The summed E-state index contributed by atoms with van der Waals surface area (Å²) in [6, 6.07) is 8.11. The zero-order valence-corrected chi connectivity index (χ0v) is 11.7. The maximum atomic E-state index is 13.5. The third kappa shape index (κ3) is 1.70. The van der Waals surface area contributed by atoms with Crippen LogP contribution in [0.2, 0.25) is 0 Å². The van der Waals surface area contributed by atoms with E-state index in [4.69, 9.17) is 0 Å². The van der Waals surface area contributed by atoms with Gasteiger partial charge in [0.1, 0.15) is 12.0 Å². The van der Waals surface area contributed by atoms with E-state index in [1.165, 1.54) is 0 Å². The maximum Gasteiger partial charge on any atom is 0.119 e. The molecule has 3 rings (SSSR count). The molecule has 1 aliphatic rings. The molecule has 2 nitrogen and oxygen atoms in total. The van der Waals surface area contributed by atoms with Crippen LogP contribution in [0.15, 0.2) is 41.1 Å². The number of aromatic nitrogens is 2. The molecule has 2 aromatic rings. The summed E-state index contributed by atoms with van der Waals surface area (Å²) in [7, 11) is 1.97. The molecule has 0 unspecified atom stereocenters. The molecule has 0 bridgehead atoms. The minimum absolute atomic E-state index is 0.262. The number of halogens is 2. The van der Waals surface area contributed by atoms with E-state index in [0.717, 1.165) is 15.9 Å². The van der Waals surface area contributed by atoms with Gasteiger partial charge in [-0.15, -0.1) is 0 Å². The number of alkyl halides is 1. The highest BCUT2D eigenvalue weighted by Crippen LogP contribution is 2.49. The smallest absolute Gasteiger partial charge is 0.119 e. The van der Waals surface area contributed by atoms with E-state index >= 15 is 0 Å². The van der Waals surface area contributed by atoms with Crippen LogP contribution in [0.5, 0.6) is 0 Å². The molecule has 0 N–H and O–H groups in total. The van der Waals surface area contributed by atoms with E-state index in [2.05, 4.69) is 33.0 Å². The lowest BCUT2D eigenvalue weighted by Gasteiger charge is -2.44. The number of nitrogens with zero attached hydrogens (tertiary/aromatic N) is 2. The highest BCUT2D eigenvalue weighted by atomic mass is 79.9. The fourth-order valence-corrected chi connectivity index (χ4v) is 3.26. The van der Waals surface area contributed by atoms with Crippen molar-refractivity contribution >= 4 is 15.9 Å². The second kappa shape index (κ2) is 4.19. The van der Waals surface area contributed by atoms with Crippen LogP contribution in [-0.4, -0.2) is 15.7 Å². The molecule has 18 heavy (non-hydrogen) atoms. The molecule has 0 saturated heterocycles. The van der Waals surface area contributed by atoms with E-state index in [1.807, 2.05) is 29.9 Å². The Labute approximate surface area is 114 Å². The van der Waals surface area contributed by atoms with Crippen LogP contribution in [0.4, 0.5) is 4.39 Å². The van der Waals surface area contributed by atoms with E-state index < -0.39 is 6.17 Å². The molecule has 1 aliphatic carbocycles. The van der Waals surface area contributed by atoms with Crippen molar-refractivity contribution in [3.8, 4) is 0 Å². The zero-order chi connectivity index (χ0) is 12.8. The van der Waals surface area contributed by atoms with Crippen molar-refractivity contribution in [2.75, 3.05) is 0 Å². The fourth-order valence-electron chi connectivity index (χ4n) is 2.86. The van der Waals surface area contributed by atoms with E-state index in [0.29, 0.717) is 12.8 Å². The number of benzene rings is 1. The van der Waals surface area contributed by atoms with Gasteiger partial charge in [-0.3, -0.25) is 0 Å². The summed E-state index contributed by atoms with van der Waals surface area (Å²) >= 11 is 3.48. The van der Waals surface area contributed by atoms with Gasteiger partial charge in [-0.05, 0) is 30.5 Å². The largest absolute Gasteiger partial charge is 0.337 e. The van der Waals surface area contributed by atoms with Gasteiger partial charge in [0.05, 0.1) is 5.41 Å². The SMILES string of the molecule is Cn1ccnc1C1(c2cccc(Br)c2)CC(F)C1. The normalized spacial score (nSPS) is 26.9. The fraction of sp³-hybridized carbons (Fsp3) is 0.357. The topological polar surface area (TPSA) is 17.8 Å². The third-order valence-corrected chi connectivity index (χ3v) is 4.26. The van der Waals surface area contributed by atoms with Crippen LogP contribution in [0.1, 0.15) is 24.2 Å². The van der Waals surface area contributed by atoms with Gasteiger partial charge in [0.15, 0.2) is 0 Å². The molecule has 0 aliphatic heterocycles. The Kier molecular flexibility index (Phi) is 2.77. The first-order valence-electron chi connectivity index (χ1n) is 6.00. The van der Waals surface area contributed by atoms with Crippen LogP contribution in [0, 0.1) is 0 Å². The van der Waals surface area contributed by atoms with E-state index in [9.17, 15) is 4.39 Å². The summed E-state index contributed by atoms with van der Waals surface area (Å²) in [5, 5.41) is 0. The van der Waals surface area contributed by atoms with Gasteiger partial charge in [-0.25, -0.2) is 9.37 Å². The van der Waals surface area contributed by atoms with Gasteiger partial charge < -0.3 is 4.57 Å². The highest BCUT2D eigenvalue weighted by Gasteiger charge is 2.49. The molecule has 1 heterocycles. The van der Waals surface area contributed by atoms with Crippen molar-refractivity contribution in [2.45, 2.75) is 24.4 Å². The molecule has 94 valence electrons. The predicted octanol–water partition coefficient (Wildman–Crippen LogP) is 3.60. The average Bonchev–Trinajstić information content (AvgIpc) is 2.71. The summed E-state index contributed by atoms with van der Waals surface area (Å²) in [5.74, 6) is 0.953. The van der Waals surface area contributed by atoms with Crippen LogP contribution in [-0.2, 0) is 12.5 Å². The quantitative estimate of drug-likeness (QED) is 0.829. The molecule has 0 amide bonds. The molecule has 0 spiro atoms. The van der Waals surface area contributed by atoms with Crippen molar-refractivity contribution in [1.82, 2.24) is 9.55 Å². The lowest BCUT2D eigenvalue weighted by atomic mass is 9.62. The van der Waals surface area contributed by atoms with Crippen molar-refractivity contribution in [3.63, 3.8) is 0 Å². The van der Waals surface area contributed by atoms with E-state index in [-0.39, 0.29) is 5.41 Å². The van der Waals surface area contributed by atoms with Crippen LogP contribution in [0.25, 0.3) is 0 Å². The first-order valence-corrected chi connectivity index (χ1v) is 6.79. The first-order chi connectivity index (χ1) is 8.62. The van der Waals surface area contributed by atoms with Gasteiger partial charge in [0, 0.05) is 23.9 Å². The van der Waals surface area contributed by atoms with Gasteiger partial charge in [-0.2, -0.15) is 0 Å². The molecule has 1 saturated carbocycles.